The van der Waals surface area contributed by atoms with E-state index in [-0.39, 0.29) is 11.3 Å². The summed E-state index contributed by atoms with van der Waals surface area (Å²) in [4.78, 5) is 15.9. The number of quaternary nitrogens is 1. The van der Waals surface area contributed by atoms with Crippen molar-refractivity contribution in [2.75, 3.05) is 25.9 Å². The highest BCUT2D eigenvalue weighted by Gasteiger charge is 2.33. The molecule has 1 unspecified atom stereocenters. The van der Waals surface area contributed by atoms with Crippen molar-refractivity contribution in [3.63, 3.8) is 0 Å². The molecule has 1 saturated heterocycles. The molecule has 1 fully saturated rings. The van der Waals surface area contributed by atoms with Crippen molar-refractivity contribution in [3.8, 4) is 0 Å². The first-order valence-electron chi connectivity index (χ1n) is 8.26. The highest BCUT2D eigenvalue weighted by atomic mass is 35.5. The van der Waals surface area contributed by atoms with Gasteiger partial charge < -0.3 is 9.80 Å². The summed E-state index contributed by atoms with van der Waals surface area (Å²) >= 11 is 14.1. The van der Waals surface area contributed by atoms with E-state index in [1.807, 2.05) is 60.5 Å². The molecule has 0 aliphatic carbocycles. The standard InChI is InChI=1S/C19H20Cl2N2OS/c1-22(12-14-5-4-6-15(20)11-14)13-18(24)23-9-10-25-19(23)16-7-2-3-8-17(16)21/h2-8,11,19H,9-10,12-13H2,1H3/p+1/t19-/m1/s1. The molecule has 25 heavy (non-hydrogen) atoms. The largest absolute Gasteiger partial charge is 0.326 e. The third-order valence-corrected chi connectivity index (χ3v) is 6.05. The fourth-order valence-corrected chi connectivity index (χ4v) is 4.91. The minimum Gasteiger partial charge on any atom is -0.326 e. The van der Waals surface area contributed by atoms with Gasteiger partial charge in [0.25, 0.3) is 5.91 Å². The van der Waals surface area contributed by atoms with Crippen LogP contribution in [0.15, 0.2) is 48.5 Å². The van der Waals surface area contributed by atoms with E-state index in [1.165, 1.54) is 0 Å². The topological polar surface area (TPSA) is 24.8 Å². The van der Waals surface area contributed by atoms with Gasteiger partial charge in [-0.2, -0.15) is 0 Å². The van der Waals surface area contributed by atoms with Crippen LogP contribution in [0.5, 0.6) is 0 Å². The number of carbonyl (C=O) groups is 1. The minimum atomic E-state index is 0.0140. The van der Waals surface area contributed by atoms with Crippen LogP contribution in [0.25, 0.3) is 0 Å². The number of thioether (sulfide) groups is 1. The summed E-state index contributed by atoms with van der Waals surface area (Å²) < 4.78 is 0. The molecule has 0 bridgehead atoms. The Hall–Kier alpha value is -1.20. The van der Waals surface area contributed by atoms with E-state index < -0.39 is 0 Å². The number of nitrogens with zero attached hydrogens (tertiary/aromatic N) is 1. The highest BCUT2D eigenvalue weighted by molar-refractivity contribution is 7.99. The predicted octanol–water partition coefficient (Wildman–Crippen LogP) is 3.28. The lowest BCUT2D eigenvalue weighted by Crippen LogP contribution is -3.08. The number of halogens is 2. The van der Waals surface area contributed by atoms with Gasteiger partial charge >= 0.3 is 0 Å². The molecule has 0 radical (unpaired) electrons. The second kappa shape index (κ2) is 8.45. The van der Waals surface area contributed by atoms with Gasteiger partial charge in [-0.25, -0.2) is 0 Å². The van der Waals surface area contributed by atoms with Crippen LogP contribution in [0.3, 0.4) is 0 Å². The number of benzene rings is 2. The van der Waals surface area contributed by atoms with Crippen LogP contribution in [0, 0.1) is 0 Å². The van der Waals surface area contributed by atoms with E-state index in [0.29, 0.717) is 6.54 Å². The van der Waals surface area contributed by atoms with Gasteiger partial charge in [-0.3, -0.25) is 4.79 Å². The SMILES string of the molecule is C[NH+](CC(=O)N1CCS[C@@H]1c1ccccc1Cl)Cc1cccc(Cl)c1. The molecule has 2 aromatic carbocycles. The Bertz CT molecular complexity index is 756. The van der Waals surface area contributed by atoms with Crippen molar-refractivity contribution >= 4 is 40.9 Å². The zero-order valence-corrected chi connectivity index (χ0v) is 16.4. The second-order valence-corrected chi connectivity index (χ2v) is 8.30. The van der Waals surface area contributed by atoms with Crippen molar-refractivity contribution in [1.82, 2.24) is 4.90 Å². The molecule has 0 aromatic heterocycles. The fraction of sp³-hybridized carbons (Fsp3) is 0.316. The van der Waals surface area contributed by atoms with Crippen LogP contribution in [-0.4, -0.2) is 36.7 Å². The predicted molar refractivity (Wildman–Crippen MR) is 105 cm³/mol. The summed E-state index contributed by atoms with van der Waals surface area (Å²) in [6, 6.07) is 15.6. The Morgan fingerprint density at radius 3 is 2.80 bits per heavy atom. The van der Waals surface area contributed by atoms with Crippen LogP contribution >= 0.6 is 35.0 Å². The van der Waals surface area contributed by atoms with E-state index in [1.54, 1.807) is 11.8 Å². The van der Waals surface area contributed by atoms with Crippen LogP contribution in [-0.2, 0) is 11.3 Å². The summed E-state index contributed by atoms with van der Waals surface area (Å²) in [6.45, 7) is 1.99. The molecule has 1 aliphatic rings. The Labute approximate surface area is 162 Å². The second-order valence-electron chi connectivity index (χ2n) is 6.27. The summed E-state index contributed by atoms with van der Waals surface area (Å²) in [5, 5.41) is 1.46. The summed E-state index contributed by atoms with van der Waals surface area (Å²) in [5.74, 6) is 1.10. The van der Waals surface area contributed by atoms with Gasteiger partial charge in [0, 0.05) is 33.5 Å². The smallest absolute Gasteiger partial charge is 0.278 e. The fourth-order valence-electron chi connectivity index (χ4n) is 3.08. The maximum absolute atomic E-state index is 12.8. The van der Waals surface area contributed by atoms with Gasteiger partial charge in [0.05, 0.1) is 7.05 Å². The van der Waals surface area contributed by atoms with E-state index in [2.05, 4.69) is 0 Å². The van der Waals surface area contributed by atoms with Crippen molar-refractivity contribution in [3.05, 3.63) is 69.7 Å². The number of carbonyl (C=O) groups excluding carboxylic acids is 1. The van der Waals surface area contributed by atoms with Gasteiger partial charge in [-0.1, -0.05) is 53.5 Å². The molecule has 1 aliphatic heterocycles. The number of hydrogen-bond acceptors (Lipinski definition) is 2. The van der Waals surface area contributed by atoms with Crippen LogP contribution in [0.4, 0.5) is 0 Å². The first kappa shape index (κ1) is 18.6. The molecular formula is C19H21Cl2N2OS+. The van der Waals surface area contributed by atoms with E-state index in [9.17, 15) is 4.79 Å². The Morgan fingerprint density at radius 2 is 2.04 bits per heavy atom. The highest BCUT2D eigenvalue weighted by Crippen LogP contribution is 2.40. The van der Waals surface area contributed by atoms with Gasteiger partial charge in [0.2, 0.25) is 0 Å². The van der Waals surface area contributed by atoms with Crippen molar-refractivity contribution < 1.29 is 9.69 Å². The molecule has 1 heterocycles. The van der Waals surface area contributed by atoms with Gasteiger partial charge in [0.15, 0.2) is 6.54 Å². The summed E-state index contributed by atoms with van der Waals surface area (Å²) in [7, 11) is 2.03. The third-order valence-electron chi connectivity index (χ3n) is 4.23. The molecule has 1 amide bonds. The Balaban J connectivity index is 1.65. The molecule has 3 rings (SSSR count). The molecule has 1 N–H and O–H groups in total. The van der Waals surface area contributed by atoms with Crippen molar-refractivity contribution in [2.24, 2.45) is 0 Å². The van der Waals surface area contributed by atoms with Gasteiger partial charge in [-0.05, 0) is 18.2 Å². The molecular weight excluding hydrogens is 375 g/mol. The monoisotopic (exact) mass is 395 g/mol. The minimum absolute atomic E-state index is 0.0140. The molecule has 6 heteroatoms. The van der Waals surface area contributed by atoms with Crippen LogP contribution < -0.4 is 4.90 Å². The lowest BCUT2D eigenvalue weighted by atomic mass is 10.2. The number of likely N-dealkylation sites (N-methyl/N-ethyl adjacent to an activating group) is 1. The van der Waals surface area contributed by atoms with Crippen molar-refractivity contribution in [2.45, 2.75) is 11.9 Å². The lowest BCUT2D eigenvalue weighted by molar-refractivity contribution is -0.885. The maximum atomic E-state index is 12.8. The zero-order chi connectivity index (χ0) is 17.8. The van der Waals surface area contributed by atoms with E-state index >= 15 is 0 Å². The number of amides is 1. The average Bonchev–Trinajstić information content (AvgIpc) is 3.04. The van der Waals surface area contributed by atoms with Crippen molar-refractivity contribution in [1.29, 1.82) is 0 Å². The maximum Gasteiger partial charge on any atom is 0.278 e. The van der Waals surface area contributed by atoms with Crippen LogP contribution in [0.2, 0.25) is 10.0 Å². The Kier molecular flexibility index (Phi) is 6.29. The molecule has 3 nitrogen and oxygen atoms in total. The molecule has 2 aromatic rings. The van der Waals surface area contributed by atoms with Gasteiger partial charge in [0.1, 0.15) is 11.9 Å². The van der Waals surface area contributed by atoms with Crippen LogP contribution in [0.1, 0.15) is 16.5 Å². The summed E-state index contributed by atoms with van der Waals surface area (Å²) in [6.07, 6.45) is 0. The number of hydrogen-bond donors (Lipinski definition) is 1. The average molecular weight is 396 g/mol. The summed E-state index contributed by atoms with van der Waals surface area (Å²) in [5.41, 5.74) is 2.16. The quantitative estimate of drug-likeness (QED) is 0.839. The Morgan fingerprint density at radius 1 is 1.24 bits per heavy atom. The number of rotatable bonds is 5. The first-order valence-corrected chi connectivity index (χ1v) is 10.1. The molecule has 0 spiro atoms. The van der Waals surface area contributed by atoms with E-state index in [4.69, 9.17) is 23.2 Å². The normalized spacial score (nSPS) is 18.4. The molecule has 2 atom stereocenters. The molecule has 0 saturated carbocycles. The number of nitrogens with one attached hydrogen (secondary N) is 1. The van der Waals surface area contributed by atoms with Gasteiger partial charge in [-0.15, -0.1) is 11.8 Å². The first-order chi connectivity index (χ1) is 12.0. The third kappa shape index (κ3) is 4.70. The van der Waals surface area contributed by atoms with E-state index in [0.717, 1.165) is 44.9 Å². The molecule has 132 valence electrons. The zero-order valence-electron chi connectivity index (χ0n) is 14.0. The lowest BCUT2D eigenvalue weighted by Gasteiger charge is -2.26.